The number of aryl methyl sites for hydroxylation is 1. The Kier molecular flexibility index (Phi) is 5.75. The molecule has 1 aromatic rings. The summed E-state index contributed by atoms with van der Waals surface area (Å²) in [6.07, 6.45) is 0.373. The SMILES string of the molecule is Cc1ccc(C(C)(C)C(=O)NCC(C)CC(C)O)cc1. The molecule has 0 aromatic heterocycles. The predicted molar refractivity (Wildman–Crippen MR) is 82.7 cm³/mol. The minimum absolute atomic E-state index is 0.0267. The summed E-state index contributed by atoms with van der Waals surface area (Å²) in [5, 5.41) is 12.3. The molecule has 20 heavy (non-hydrogen) atoms. The third-order valence-electron chi connectivity index (χ3n) is 3.70. The number of rotatable bonds is 6. The van der Waals surface area contributed by atoms with E-state index in [9.17, 15) is 9.90 Å². The van der Waals surface area contributed by atoms with Crippen molar-refractivity contribution in [2.24, 2.45) is 5.92 Å². The van der Waals surface area contributed by atoms with Gasteiger partial charge in [0.1, 0.15) is 0 Å². The largest absolute Gasteiger partial charge is 0.393 e. The Morgan fingerprint density at radius 2 is 1.80 bits per heavy atom. The van der Waals surface area contributed by atoms with Gasteiger partial charge in [0, 0.05) is 6.54 Å². The third kappa shape index (κ3) is 4.64. The minimum atomic E-state index is -0.543. The highest BCUT2D eigenvalue weighted by atomic mass is 16.3. The first-order chi connectivity index (χ1) is 9.23. The minimum Gasteiger partial charge on any atom is -0.393 e. The lowest BCUT2D eigenvalue weighted by Crippen LogP contribution is -2.42. The van der Waals surface area contributed by atoms with E-state index in [0.717, 1.165) is 5.56 Å². The lowest BCUT2D eigenvalue weighted by atomic mass is 9.83. The van der Waals surface area contributed by atoms with Crippen molar-refractivity contribution in [2.75, 3.05) is 6.54 Å². The molecule has 3 heteroatoms. The molecule has 0 aliphatic heterocycles. The average Bonchev–Trinajstić information content (AvgIpc) is 2.35. The van der Waals surface area contributed by atoms with Crippen molar-refractivity contribution in [2.45, 2.75) is 52.6 Å². The fourth-order valence-electron chi connectivity index (χ4n) is 2.25. The number of hydrogen-bond donors (Lipinski definition) is 2. The molecule has 0 aliphatic rings. The van der Waals surface area contributed by atoms with Crippen molar-refractivity contribution in [1.82, 2.24) is 5.32 Å². The number of nitrogens with one attached hydrogen (secondary N) is 1. The van der Waals surface area contributed by atoms with Gasteiger partial charge in [-0.15, -0.1) is 0 Å². The van der Waals surface area contributed by atoms with Gasteiger partial charge in [0.2, 0.25) is 5.91 Å². The van der Waals surface area contributed by atoms with Gasteiger partial charge in [-0.05, 0) is 45.6 Å². The summed E-state index contributed by atoms with van der Waals surface area (Å²) in [7, 11) is 0. The Morgan fingerprint density at radius 1 is 1.25 bits per heavy atom. The van der Waals surface area contributed by atoms with E-state index in [1.807, 2.05) is 52.0 Å². The zero-order chi connectivity index (χ0) is 15.3. The van der Waals surface area contributed by atoms with Gasteiger partial charge in [-0.25, -0.2) is 0 Å². The van der Waals surface area contributed by atoms with E-state index in [-0.39, 0.29) is 17.9 Å². The molecule has 2 atom stereocenters. The van der Waals surface area contributed by atoms with Crippen molar-refractivity contribution in [3.63, 3.8) is 0 Å². The van der Waals surface area contributed by atoms with Gasteiger partial charge >= 0.3 is 0 Å². The molecule has 0 fully saturated rings. The highest BCUT2D eigenvalue weighted by Gasteiger charge is 2.29. The molecule has 2 unspecified atom stereocenters. The maximum atomic E-state index is 12.4. The van der Waals surface area contributed by atoms with Crippen LogP contribution < -0.4 is 5.32 Å². The van der Waals surface area contributed by atoms with E-state index in [1.54, 1.807) is 6.92 Å². The number of carbonyl (C=O) groups excluding carboxylic acids is 1. The van der Waals surface area contributed by atoms with E-state index in [0.29, 0.717) is 13.0 Å². The molecule has 0 spiro atoms. The Morgan fingerprint density at radius 3 is 2.30 bits per heavy atom. The van der Waals surface area contributed by atoms with Crippen LogP contribution in [0.5, 0.6) is 0 Å². The molecule has 112 valence electrons. The fraction of sp³-hybridized carbons (Fsp3) is 0.588. The smallest absolute Gasteiger partial charge is 0.230 e. The lowest BCUT2D eigenvalue weighted by Gasteiger charge is -2.25. The number of aliphatic hydroxyl groups is 1. The van der Waals surface area contributed by atoms with Gasteiger partial charge in [-0.1, -0.05) is 36.8 Å². The van der Waals surface area contributed by atoms with Gasteiger partial charge in [0.05, 0.1) is 11.5 Å². The Balaban J connectivity index is 2.63. The number of benzene rings is 1. The van der Waals surface area contributed by atoms with Crippen molar-refractivity contribution < 1.29 is 9.90 Å². The molecule has 0 saturated carbocycles. The number of carbonyl (C=O) groups is 1. The second-order valence-electron chi connectivity index (χ2n) is 6.39. The van der Waals surface area contributed by atoms with Crippen LogP contribution in [0.25, 0.3) is 0 Å². The Hall–Kier alpha value is -1.35. The summed E-state index contributed by atoms with van der Waals surface area (Å²) in [6, 6.07) is 8.07. The topological polar surface area (TPSA) is 49.3 Å². The van der Waals surface area contributed by atoms with E-state index in [1.165, 1.54) is 5.56 Å². The molecule has 1 amide bonds. The van der Waals surface area contributed by atoms with Gasteiger partial charge in [-0.3, -0.25) is 4.79 Å². The quantitative estimate of drug-likeness (QED) is 0.840. The van der Waals surface area contributed by atoms with Crippen LogP contribution in [0.2, 0.25) is 0 Å². The molecule has 2 N–H and O–H groups in total. The lowest BCUT2D eigenvalue weighted by molar-refractivity contribution is -0.125. The van der Waals surface area contributed by atoms with Crippen LogP contribution in [0, 0.1) is 12.8 Å². The summed E-state index contributed by atoms with van der Waals surface area (Å²) in [6.45, 7) is 10.3. The molecular weight excluding hydrogens is 250 g/mol. The summed E-state index contributed by atoms with van der Waals surface area (Å²) >= 11 is 0. The van der Waals surface area contributed by atoms with E-state index >= 15 is 0 Å². The summed E-state index contributed by atoms with van der Waals surface area (Å²) in [5.41, 5.74) is 1.66. The average molecular weight is 277 g/mol. The van der Waals surface area contributed by atoms with E-state index in [2.05, 4.69) is 5.32 Å². The van der Waals surface area contributed by atoms with Gasteiger partial charge in [0.25, 0.3) is 0 Å². The second-order valence-corrected chi connectivity index (χ2v) is 6.39. The van der Waals surface area contributed by atoms with E-state index < -0.39 is 5.41 Å². The van der Waals surface area contributed by atoms with Crippen LogP contribution >= 0.6 is 0 Å². The van der Waals surface area contributed by atoms with E-state index in [4.69, 9.17) is 0 Å². The normalized spacial score (nSPS) is 14.7. The van der Waals surface area contributed by atoms with Crippen molar-refractivity contribution in [3.05, 3.63) is 35.4 Å². The first-order valence-corrected chi connectivity index (χ1v) is 7.27. The molecule has 0 heterocycles. The highest BCUT2D eigenvalue weighted by Crippen LogP contribution is 2.23. The highest BCUT2D eigenvalue weighted by molar-refractivity contribution is 5.87. The summed E-state index contributed by atoms with van der Waals surface area (Å²) in [4.78, 5) is 12.4. The Labute approximate surface area is 122 Å². The fourth-order valence-corrected chi connectivity index (χ4v) is 2.25. The van der Waals surface area contributed by atoms with Gasteiger partial charge in [-0.2, -0.15) is 0 Å². The molecule has 0 aliphatic carbocycles. The standard InChI is InChI=1S/C17H27NO2/c1-12-6-8-15(9-7-12)17(4,5)16(20)18-11-13(2)10-14(3)19/h6-9,13-14,19H,10-11H2,1-5H3,(H,18,20). The molecule has 1 aromatic carbocycles. The first kappa shape index (κ1) is 16.7. The van der Waals surface area contributed by atoms with Gasteiger partial charge < -0.3 is 10.4 Å². The molecule has 1 rings (SSSR count). The number of aliphatic hydroxyl groups excluding tert-OH is 1. The zero-order valence-corrected chi connectivity index (χ0v) is 13.2. The third-order valence-corrected chi connectivity index (χ3v) is 3.70. The van der Waals surface area contributed by atoms with Crippen LogP contribution in [-0.2, 0) is 10.2 Å². The van der Waals surface area contributed by atoms with Crippen LogP contribution in [-0.4, -0.2) is 23.7 Å². The molecule has 0 radical (unpaired) electrons. The van der Waals surface area contributed by atoms with Crippen molar-refractivity contribution >= 4 is 5.91 Å². The predicted octanol–water partition coefficient (Wildman–Crippen LogP) is 2.80. The monoisotopic (exact) mass is 277 g/mol. The van der Waals surface area contributed by atoms with Crippen LogP contribution in [0.3, 0.4) is 0 Å². The summed E-state index contributed by atoms with van der Waals surface area (Å²) < 4.78 is 0. The molecular formula is C17H27NO2. The maximum absolute atomic E-state index is 12.4. The maximum Gasteiger partial charge on any atom is 0.230 e. The second kappa shape index (κ2) is 6.89. The molecule has 0 bridgehead atoms. The number of amides is 1. The molecule has 3 nitrogen and oxygen atoms in total. The number of hydrogen-bond acceptors (Lipinski definition) is 2. The molecule has 0 saturated heterocycles. The van der Waals surface area contributed by atoms with Crippen molar-refractivity contribution in [3.8, 4) is 0 Å². The van der Waals surface area contributed by atoms with Gasteiger partial charge in [0.15, 0.2) is 0 Å². The summed E-state index contributed by atoms with van der Waals surface area (Å²) in [5.74, 6) is 0.298. The Bertz CT molecular complexity index is 435. The van der Waals surface area contributed by atoms with Crippen molar-refractivity contribution in [1.29, 1.82) is 0 Å². The van der Waals surface area contributed by atoms with Crippen LogP contribution in [0.15, 0.2) is 24.3 Å². The zero-order valence-electron chi connectivity index (χ0n) is 13.2. The van der Waals surface area contributed by atoms with Crippen LogP contribution in [0.4, 0.5) is 0 Å². The first-order valence-electron chi connectivity index (χ1n) is 7.27. The van der Waals surface area contributed by atoms with Crippen LogP contribution in [0.1, 0.15) is 45.2 Å².